The number of rotatable bonds is 4. The summed E-state index contributed by atoms with van der Waals surface area (Å²) in [5, 5.41) is 11.0. The molecule has 10 heteroatoms. The molecule has 2 heterocycles. The topological polar surface area (TPSA) is 121 Å². The Morgan fingerprint density at radius 1 is 0.906 bits per heavy atom. The summed E-state index contributed by atoms with van der Waals surface area (Å²) in [5.41, 5.74) is -0.279. The van der Waals surface area contributed by atoms with E-state index in [0.29, 0.717) is 32.6 Å². The van der Waals surface area contributed by atoms with E-state index in [4.69, 9.17) is 0 Å². The highest BCUT2D eigenvalue weighted by Gasteiger charge is 2.39. The summed E-state index contributed by atoms with van der Waals surface area (Å²) in [6, 6.07) is 3.49. The van der Waals surface area contributed by atoms with Gasteiger partial charge in [0.1, 0.15) is 6.54 Å². The van der Waals surface area contributed by atoms with Gasteiger partial charge in [-0.2, -0.15) is 0 Å². The first-order valence-corrected chi connectivity index (χ1v) is 11.1. The molecule has 32 heavy (non-hydrogen) atoms. The maximum absolute atomic E-state index is 12.9. The number of nitro groups is 1. The van der Waals surface area contributed by atoms with Gasteiger partial charge in [-0.3, -0.25) is 34.2 Å². The van der Waals surface area contributed by atoms with Crippen molar-refractivity contribution in [3.8, 4) is 0 Å². The van der Waals surface area contributed by atoms with Crippen LogP contribution in [0.1, 0.15) is 59.2 Å². The first kappa shape index (κ1) is 21.9. The SMILES string of the molecule is O=C(CN1C(=O)c2ccc([N+](=O)[O-])cc2C1=O)N1CCCN(C(=O)C2CCCCC2)CC1. The van der Waals surface area contributed by atoms with Crippen molar-refractivity contribution in [2.24, 2.45) is 5.92 Å². The van der Waals surface area contributed by atoms with E-state index in [2.05, 4.69) is 0 Å². The first-order valence-electron chi connectivity index (χ1n) is 11.1. The molecular weight excluding hydrogens is 416 g/mol. The van der Waals surface area contributed by atoms with Crippen molar-refractivity contribution in [3.63, 3.8) is 0 Å². The fourth-order valence-corrected chi connectivity index (χ4v) is 4.77. The van der Waals surface area contributed by atoms with Crippen LogP contribution in [0.15, 0.2) is 18.2 Å². The summed E-state index contributed by atoms with van der Waals surface area (Å²) in [6.07, 6.45) is 5.83. The van der Waals surface area contributed by atoms with Crippen LogP contribution in [0.3, 0.4) is 0 Å². The molecule has 1 saturated heterocycles. The van der Waals surface area contributed by atoms with Crippen LogP contribution in [0.2, 0.25) is 0 Å². The molecule has 10 nitrogen and oxygen atoms in total. The number of nitrogens with zero attached hydrogens (tertiary/aromatic N) is 4. The molecule has 3 aliphatic rings. The number of hydrogen-bond acceptors (Lipinski definition) is 6. The lowest BCUT2D eigenvalue weighted by Gasteiger charge is -2.28. The molecule has 0 radical (unpaired) electrons. The minimum absolute atomic E-state index is 0.0582. The van der Waals surface area contributed by atoms with Crippen molar-refractivity contribution in [2.45, 2.75) is 38.5 Å². The Morgan fingerprint density at radius 2 is 1.56 bits per heavy atom. The van der Waals surface area contributed by atoms with Crippen molar-refractivity contribution in [1.82, 2.24) is 14.7 Å². The van der Waals surface area contributed by atoms with E-state index in [9.17, 15) is 29.3 Å². The Labute approximate surface area is 185 Å². The Kier molecular flexibility index (Phi) is 6.20. The number of amides is 4. The molecular formula is C22H26N4O6. The lowest BCUT2D eigenvalue weighted by molar-refractivity contribution is -0.384. The molecule has 0 bridgehead atoms. The Balaban J connectivity index is 1.38. The molecule has 0 aromatic heterocycles. The molecule has 0 atom stereocenters. The van der Waals surface area contributed by atoms with Gasteiger partial charge in [0.05, 0.1) is 16.1 Å². The summed E-state index contributed by atoms with van der Waals surface area (Å²) in [4.78, 5) is 65.5. The molecule has 4 amide bonds. The second kappa shape index (κ2) is 9.05. The molecule has 0 N–H and O–H groups in total. The molecule has 2 fully saturated rings. The van der Waals surface area contributed by atoms with Crippen molar-refractivity contribution in [3.05, 3.63) is 39.4 Å². The summed E-state index contributed by atoms with van der Waals surface area (Å²) < 4.78 is 0. The summed E-state index contributed by atoms with van der Waals surface area (Å²) >= 11 is 0. The van der Waals surface area contributed by atoms with Gasteiger partial charge in [-0.25, -0.2) is 0 Å². The summed E-state index contributed by atoms with van der Waals surface area (Å²) in [7, 11) is 0. The number of carbonyl (C=O) groups excluding carboxylic acids is 4. The van der Waals surface area contributed by atoms with E-state index < -0.39 is 23.3 Å². The predicted octanol–water partition coefficient (Wildman–Crippen LogP) is 1.83. The van der Waals surface area contributed by atoms with Gasteiger partial charge in [0.25, 0.3) is 17.5 Å². The molecule has 4 rings (SSSR count). The average molecular weight is 442 g/mol. The smallest absolute Gasteiger partial charge is 0.270 e. The monoisotopic (exact) mass is 442 g/mol. The van der Waals surface area contributed by atoms with Gasteiger partial charge in [-0.15, -0.1) is 0 Å². The van der Waals surface area contributed by atoms with Crippen LogP contribution in [0.4, 0.5) is 5.69 Å². The van der Waals surface area contributed by atoms with Gasteiger partial charge in [0, 0.05) is 44.2 Å². The van der Waals surface area contributed by atoms with E-state index >= 15 is 0 Å². The van der Waals surface area contributed by atoms with E-state index in [1.165, 1.54) is 18.6 Å². The standard InChI is InChI=1S/C22H26N4O6/c27-19(14-25-21(29)17-8-7-16(26(31)32)13-18(17)22(25)30)23-9-4-10-24(12-11-23)20(28)15-5-2-1-3-6-15/h7-8,13,15H,1-6,9-12,14H2. The first-order chi connectivity index (χ1) is 15.4. The number of fused-ring (bicyclic) bond motifs is 1. The molecule has 1 saturated carbocycles. The fourth-order valence-electron chi connectivity index (χ4n) is 4.77. The summed E-state index contributed by atoms with van der Waals surface area (Å²) in [5.74, 6) is -1.46. The van der Waals surface area contributed by atoms with Crippen LogP contribution < -0.4 is 0 Å². The van der Waals surface area contributed by atoms with Gasteiger partial charge in [0.15, 0.2) is 0 Å². The molecule has 2 aliphatic heterocycles. The maximum Gasteiger partial charge on any atom is 0.270 e. The average Bonchev–Trinajstić information content (AvgIpc) is 2.97. The van der Waals surface area contributed by atoms with Crippen LogP contribution >= 0.6 is 0 Å². The number of nitro benzene ring substituents is 1. The van der Waals surface area contributed by atoms with Crippen molar-refractivity contribution in [2.75, 3.05) is 32.7 Å². The minimum atomic E-state index is -0.703. The van der Waals surface area contributed by atoms with Crippen LogP contribution in [0, 0.1) is 16.0 Å². The van der Waals surface area contributed by atoms with Crippen LogP contribution in [-0.2, 0) is 9.59 Å². The summed E-state index contributed by atoms with van der Waals surface area (Å²) in [6.45, 7) is 1.41. The lowest BCUT2D eigenvalue weighted by Crippen LogP contribution is -2.44. The molecule has 170 valence electrons. The van der Waals surface area contributed by atoms with Gasteiger partial charge < -0.3 is 9.80 Å². The molecule has 1 aliphatic carbocycles. The van der Waals surface area contributed by atoms with Gasteiger partial charge >= 0.3 is 0 Å². The molecule has 0 spiro atoms. The third-order valence-electron chi connectivity index (χ3n) is 6.57. The number of non-ortho nitro benzene ring substituents is 1. The largest absolute Gasteiger partial charge is 0.341 e. The quantitative estimate of drug-likeness (QED) is 0.398. The second-order valence-corrected chi connectivity index (χ2v) is 8.58. The number of hydrogen-bond donors (Lipinski definition) is 0. The van der Waals surface area contributed by atoms with Crippen molar-refractivity contribution in [1.29, 1.82) is 0 Å². The highest BCUT2D eigenvalue weighted by atomic mass is 16.6. The number of benzene rings is 1. The van der Waals surface area contributed by atoms with E-state index in [-0.39, 0.29) is 34.5 Å². The highest BCUT2D eigenvalue weighted by Crippen LogP contribution is 2.28. The minimum Gasteiger partial charge on any atom is -0.341 e. The van der Waals surface area contributed by atoms with E-state index in [1.807, 2.05) is 4.90 Å². The Hall–Kier alpha value is -3.30. The molecule has 1 aromatic rings. The van der Waals surface area contributed by atoms with E-state index in [1.54, 1.807) is 4.90 Å². The second-order valence-electron chi connectivity index (χ2n) is 8.58. The fraction of sp³-hybridized carbons (Fsp3) is 0.545. The Bertz CT molecular complexity index is 971. The van der Waals surface area contributed by atoms with Gasteiger partial charge in [-0.05, 0) is 25.3 Å². The zero-order chi connectivity index (χ0) is 22.8. The molecule has 1 aromatic carbocycles. The van der Waals surface area contributed by atoms with Gasteiger partial charge in [0.2, 0.25) is 11.8 Å². The van der Waals surface area contributed by atoms with E-state index in [0.717, 1.165) is 36.6 Å². The maximum atomic E-state index is 12.9. The van der Waals surface area contributed by atoms with Gasteiger partial charge in [-0.1, -0.05) is 19.3 Å². The number of carbonyl (C=O) groups is 4. The third kappa shape index (κ3) is 4.21. The van der Waals surface area contributed by atoms with Crippen LogP contribution in [0.5, 0.6) is 0 Å². The van der Waals surface area contributed by atoms with Crippen molar-refractivity contribution < 1.29 is 24.1 Å². The normalized spacial score (nSPS) is 19.7. The lowest BCUT2D eigenvalue weighted by atomic mass is 9.88. The highest BCUT2D eigenvalue weighted by molar-refractivity contribution is 6.22. The predicted molar refractivity (Wildman–Crippen MR) is 113 cm³/mol. The van der Waals surface area contributed by atoms with Crippen LogP contribution in [-0.4, -0.2) is 76.0 Å². The van der Waals surface area contributed by atoms with Crippen LogP contribution in [0.25, 0.3) is 0 Å². The number of imide groups is 1. The zero-order valence-corrected chi connectivity index (χ0v) is 17.8. The van der Waals surface area contributed by atoms with Crippen molar-refractivity contribution >= 4 is 29.3 Å². The Morgan fingerprint density at radius 3 is 2.28 bits per heavy atom. The zero-order valence-electron chi connectivity index (χ0n) is 17.8. The molecule has 0 unspecified atom stereocenters. The third-order valence-corrected chi connectivity index (χ3v) is 6.57.